The van der Waals surface area contributed by atoms with Gasteiger partial charge in [0, 0.05) is 12.8 Å². The zero-order valence-electron chi connectivity index (χ0n) is 9.98. The maximum atomic E-state index is 12.0. The average molecular weight is 237 g/mol. The third-order valence-corrected chi connectivity index (χ3v) is 3.32. The molecule has 0 bridgehead atoms. The molecule has 1 unspecified atom stereocenters. The fourth-order valence-corrected chi connectivity index (χ4v) is 2.38. The summed E-state index contributed by atoms with van der Waals surface area (Å²) in [7, 11) is 3.02. The van der Waals surface area contributed by atoms with Crippen LogP contribution in [0.15, 0.2) is 12.1 Å². The molecule has 0 saturated carbocycles. The summed E-state index contributed by atoms with van der Waals surface area (Å²) in [5, 5.41) is 0. The molecule has 2 saturated heterocycles. The molecule has 0 amide bonds. The number of carbonyl (C=O) groups is 2. The van der Waals surface area contributed by atoms with Gasteiger partial charge in [-0.2, -0.15) is 0 Å². The van der Waals surface area contributed by atoms with Gasteiger partial charge in [0.2, 0.25) is 0 Å². The van der Waals surface area contributed by atoms with Gasteiger partial charge in [0.1, 0.15) is 0 Å². The van der Waals surface area contributed by atoms with Crippen molar-refractivity contribution in [2.24, 2.45) is 0 Å². The zero-order chi connectivity index (χ0) is 12.6. The van der Waals surface area contributed by atoms with E-state index in [4.69, 9.17) is 9.31 Å². The summed E-state index contributed by atoms with van der Waals surface area (Å²) in [5.41, 5.74) is 0.508. The Morgan fingerprint density at radius 2 is 2.24 bits per heavy atom. The molecule has 2 atom stereocenters. The molecule has 0 spiro atoms. The molecule has 2 aliphatic heterocycles. The van der Waals surface area contributed by atoms with Crippen LogP contribution < -0.4 is 0 Å². The predicted octanol–water partition coefficient (Wildman–Crippen LogP) is 0.461. The Kier molecular flexibility index (Phi) is 2.99. The molecular weight excluding hydrogens is 221 g/mol. The van der Waals surface area contributed by atoms with Crippen LogP contribution in [-0.4, -0.2) is 42.7 Å². The van der Waals surface area contributed by atoms with E-state index in [1.165, 1.54) is 0 Å². The first-order valence-electron chi connectivity index (χ1n) is 5.69. The van der Waals surface area contributed by atoms with Crippen molar-refractivity contribution in [1.29, 1.82) is 0 Å². The smallest absolute Gasteiger partial charge is 0.491 e. The number of rotatable bonds is 1. The molecule has 6 heteroatoms. The summed E-state index contributed by atoms with van der Waals surface area (Å²) in [6.07, 6.45) is 1.58. The van der Waals surface area contributed by atoms with Gasteiger partial charge in [-0.3, -0.25) is 0 Å². The van der Waals surface area contributed by atoms with Gasteiger partial charge in [0.05, 0.1) is 6.54 Å². The van der Waals surface area contributed by atoms with Crippen molar-refractivity contribution in [3.05, 3.63) is 19.1 Å². The maximum Gasteiger partial charge on any atom is 0.631 e. The Hall–Kier alpha value is -1.30. The van der Waals surface area contributed by atoms with Crippen molar-refractivity contribution in [2.75, 3.05) is 13.1 Å². The van der Waals surface area contributed by atoms with E-state index in [0.717, 1.165) is 6.42 Å². The van der Waals surface area contributed by atoms with Crippen molar-refractivity contribution in [3.8, 4) is 0 Å². The third kappa shape index (κ3) is 2.22. The van der Waals surface area contributed by atoms with E-state index in [9.17, 15) is 9.59 Å². The van der Waals surface area contributed by atoms with E-state index < -0.39 is 13.1 Å². The second-order valence-corrected chi connectivity index (χ2v) is 4.86. The molecule has 2 heterocycles. The number of nitrogens with zero attached hydrogens (tertiary/aromatic N) is 1. The van der Waals surface area contributed by atoms with Crippen molar-refractivity contribution in [3.63, 3.8) is 0 Å². The lowest BCUT2D eigenvalue weighted by Gasteiger charge is -2.43. The van der Waals surface area contributed by atoms with E-state index in [1.807, 2.05) is 0 Å². The van der Waals surface area contributed by atoms with E-state index in [0.29, 0.717) is 18.4 Å². The topological polar surface area (TPSA) is 52.6 Å². The molecule has 92 valence electrons. The summed E-state index contributed by atoms with van der Waals surface area (Å²) < 4.78 is 10.4. The van der Waals surface area contributed by atoms with Gasteiger partial charge in [0.15, 0.2) is 12.6 Å². The van der Waals surface area contributed by atoms with Crippen LogP contribution in [0.4, 0.5) is 0 Å². The van der Waals surface area contributed by atoms with Crippen molar-refractivity contribution in [1.82, 2.24) is 0 Å². The van der Waals surface area contributed by atoms with Gasteiger partial charge < -0.3 is 13.8 Å². The van der Waals surface area contributed by atoms with Gasteiger partial charge in [-0.15, -0.1) is 13.6 Å². The molecule has 0 aromatic heterocycles. The number of fused-ring (bicyclic) bond motifs is 1. The van der Waals surface area contributed by atoms with E-state index in [1.54, 1.807) is 6.92 Å². The van der Waals surface area contributed by atoms with Gasteiger partial charge in [-0.25, -0.2) is 9.59 Å². The molecule has 2 fully saturated rings. The van der Waals surface area contributed by atoms with Crippen LogP contribution in [-0.2, 0) is 18.9 Å². The summed E-state index contributed by atoms with van der Waals surface area (Å²) in [4.78, 5) is 23.7. The van der Waals surface area contributed by atoms with Gasteiger partial charge in [-0.1, -0.05) is 0 Å². The first-order chi connectivity index (χ1) is 7.92. The lowest BCUT2D eigenvalue weighted by atomic mass is 9.80. The number of quaternary nitrogens is 1. The second kappa shape index (κ2) is 4.18. The lowest BCUT2D eigenvalue weighted by molar-refractivity contribution is -0.882. The number of hydrogen-bond acceptors (Lipinski definition) is 4. The molecule has 0 radical (unpaired) electrons. The molecule has 0 aromatic carbocycles. The third-order valence-electron chi connectivity index (χ3n) is 3.32. The fraction of sp³-hybridized carbons (Fsp3) is 0.545. The minimum atomic E-state index is -0.954. The normalized spacial score (nSPS) is 33.3. The van der Waals surface area contributed by atoms with E-state index >= 15 is 0 Å². The number of hydrogen-bond donors (Lipinski definition) is 0. The van der Waals surface area contributed by atoms with Crippen LogP contribution in [0.25, 0.3) is 0 Å². The number of allylic oxidation sites excluding steroid dienone is 1. The molecule has 0 aromatic rings. The minimum absolute atomic E-state index is 0.115. The lowest BCUT2D eigenvalue weighted by Crippen LogP contribution is -2.57. The number of carbonyl (C=O) groups excluding carboxylic acids is 2. The molecule has 0 aliphatic carbocycles. The quantitative estimate of drug-likeness (QED) is 0.377. The highest BCUT2D eigenvalue weighted by Crippen LogP contribution is 2.28. The zero-order valence-corrected chi connectivity index (χ0v) is 9.98. The monoisotopic (exact) mass is 237 g/mol. The summed E-state index contributed by atoms with van der Waals surface area (Å²) >= 11 is 0. The second-order valence-electron chi connectivity index (χ2n) is 4.86. The highest BCUT2D eigenvalue weighted by atomic mass is 16.6. The highest BCUT2D eigenvalue weighted by molar-refractivity contribution is 6.57. The summed E-state index contributed by atoms with van der Waals surface area (Å²) in [6.45, 7) is 6.12. The van der Waals surface area contributed by atoms with Crippen LogP contribution >= 0.6 is 0 Å². The molecule has 2 aliphatic rings. The average Bonchev–Trinajstić information content (AvgIpc) is 2.56. The largest absolute Gasteiger partial charge is 0.631 e. The SMILES string of the molecule is C=C(C)B1OC(=O)C[N+]2([CH2-])CCC[C@H]2C(=O)O1. The predicted molar refractivity (Wildman–Crippen MR) is 61.1 cm³/mol. The van der Waals surface area contributed by atoms with E-state index in [2.05, 4.69) is 13.6 Å². The highest BCUT2D eigenvalue weighted by Gasteiger charge is 2.46. The van der Waals surface area contributed by atoms with Crippen molar-refractivity contribution < 1.29 is 23.4 Å². The maximum absolute atomic E-state index is 12.0. The fourth-order valence-electron chi connectivity index (χ4n) is 2.38. The van der Waals surface area contributed by atoms with Gasteiger partial charge >= 0.3 is 19.1 Å². The Balaban J connectivity index is 2.24. The Labute approximate surface area is 101 Å². The minimum Gasteiger partial charge on any atom is -0.491 e. The first-order valence-corrected chi connectivity index (χ1v) is 5.69. The van der Waals surface area contributed by atoms with Crippen LogP contribution in [0.3, 0.4) is 0 Å². The summed E-state index contributed by atoms with van der Waals surface area (Å²) in [5.74, 6) is -0.745. The van der Waals surface area contributed by atoms with E-state index in [-0.39, 0.29) is 23.0 Å². The molecule has 2 rings (SSSR count). The Morgan fingerprint density at radius 3 is 2.88 bits per heavy atom. The Morgan fingerprint density at radius 1 is 1.53 bits per heavy atom. The molecular formula is C11H16BNO4. The standard InChI is InChI=1S/C11H16BNO4/c1-8(2)12-16-10(14)7-13(3)6-4-5-9(13)11(15)17-12/h9H,1,3-7H2,2H3/t9-,13?/m0/s1. The molecule has 17 heavy (non-hydrogen) atoms. The van der Waals surface area contributed by atoms with Gasteiger partial charge in [-0.05, 0) is 12.4 Å². The van der Waals surface area contributed by atoms with Crippen LogP contribution in [0.2, 0.25) is 0 Å². The van der Waals surface area contributed by atoms with Crippen molar-refractivity contribution in [2.45, 2.75) is 25.8 Å². The van der Waals surface area contributed by atoms with Crippen LogP contribution in [0, 0.1) is 7.05 Å². The molecule has 5 nitrogen and oxygen atoms in total. The molecule has 0 N–H and O–H groups in total. The van der Waals surface area contributed by atoms with Crippen LogP contribution in [0.5, 0.6) is 0 Å². The van der Waals surface area contributed by atoms with Gasteiger partial charge in [0.25, 0.3) is 0 Å². The first kappa shape index (κ1) is 12.2. The summed E-state index contributed by atoms with van der Waals surface area (Å²) in [6, 6.07) is -0.357. The Bertz CT molecular complexity index is 384. The van der Waals surface area contributed by atoms with Crippen LogP contribution in [0.1, 0.15) is 19.8 Å². The van der Waals surface area contributed by atoms with Crippen molar-refractivity contribution >= 4 is 19.1 Å².